The van der Waals surface area contributed by atoms with Crippen LogP contribution in [-0.4, -0.2) is 0 Å². The normalized spacial score (nSPS) is 16.5. The predicted molar refractivity (Wildman–Crippen MR) is 47.5 cm³/mol. The van der Waals surface area contributed by atoms with Crippen LogP contribution in [0.25, 0.3) is 0 Å². The minimum Gasteiger partial charge on any atom is -0.358 e. The molecule has 0 fully saturated rings. The molecule has 66 valence electrons. The molecule has 0 nitrogen and oxygen atoms in total. The molecule has 11 heavy (non-hydrogen) atoms. The van der Waals surface area contributed by atoms with Gasteiger partial charge in [-0.2, -0.15) is 0 Å². The maximum Gasteiger partial charge on any atom is 2.00 e. The van der Waals surface area contributed by atoms with Crippen LogP contribution in [0.15, 0.2) is 23.8 Å². The second kappa shape index (κ2) is 8.14. The van der Waals surface area contributed by atoms with Gasteiger partial charge >= 0.3 is 21.1 Å². The third-order valence-corrected chi connectivity index (χ3v) is 1.57. The van der Waals surface area contributed by atoms with E-state index >= 15 is 0 Å². The molecule has 1 aliphatic rings. The Bertz CT molecular complexity index is 134. The SMILES string of the molecule is [CH2-]C1=CCCC=CCC1.[CH3-].[Pt+2]. The van der Waals surface area contributed by atoms with Gasteiger partial charge in [-0.1, -0.05) is 25.0 Å². The quantitative estimate of drug-likeness (QED) is 0.472. The number of allylic oxidation sites excluding steroid dienone is 4. The fourth-order valence-electron chi connectivity index (χ4n) is 0.990. The van der Waals surface area contributed by atoms with E-state index in [9.17, 15) is 0 Å². The molecule has 0 aliphatic heterocycles. The Morgan fingerprint density at radius 3 is 2.45 bits per heavy atom. The predicted octanol–water partition coefficient (Wildman–Crippen LogP) is 3.32. The third-order valence-electron chi connectivity index (χ3n) is 1.57. The summed E-state index contributed by atoms with van der Waals surface area (Å²) >= 11 is 0. The standard InChI is InChI=1S/C9H13.CH3.Pt/c1-9-7-5-3-2-4-6-8-9;;/h2-3,8H,1,4-7H2;1H3;/q2*-1;+2. The monoisotopic (exact) mass is 331 g/mol. The van der Waals surface area contributed by atoms with Crippen molar-refractivity contribution in [1.29, 1.82) is 0 Å². The Morgan fingerprint density at radius 2 is 1.73 bits per heavy atom. The van der Waals surface area contributed by atoms with Crippen molar-refractivity contribution in [3.8, 4) is 0 Å². The summed E-state index contributed by atoms with van der Waals surface area (Å²) in [6.45, 7) is 3.93. The molecule has 0 aromatic rings. The van der Waals surface area contributed by atoms with Crippen LogP contribution in [-0.2, 0) is 21.1 Å². The van der Waals surface area contributed by atoms with Crippen molar-refractivity contribution < 1.29 is 21.1 Å². The molecule has 0 radical (unpaired) electrons. The summed E-state index contributed by atoms with van der Waals surface area (Å²) in [5, 5.41) is 0. The molecule has 0 saturated carbocycles. The van der Waals surface area contributed by atoms with E-state index in [0.29, 0.717) is 0 Å². The van der Waals surface area contributed by atoms with Crippen LogP contribution in [0.1, 0.15) is 25.7 Å². The van der Waals surface area contributed by atoms with Crippen molar-refractivity contribution >= 4 is 0 Å². The van der Waals surface area contributed by atoms with E-state index < -0.39 is 0 Å². The van der Waals surface area contributed by atoms with Crippen LogP contribution in [0.2, 0.25) is 0 Å². The van der Waals surface area contributed by atoms with Crippen LogP contribution < -0.4 is 0 Å². The molecule has 1 aliphatic carbocycles. The molecule has 0 aromatic carbocycles. The Labute approximate surface area is 85.0 Å². The maximum atomic E-state index is 3.93. The summed E-state index contributed by atoms with van der Waals surface area (Å²) in [7, 11) is 0. The summed E-state index contributed by atoms with van der Waals surface area (Å²) < 4.78 is 0. The number of rotatable bonds is 0. The zero-order valence-corrected chi connectivity index (χ0v) is 9.36. The van der Waals surface area contributed by atoms with Crippen LogP contribution in [0, 0.1) is 14.4 Å². The minimum absolute atomic E-state index is 0. The van der Waals surface area contributed by atoms with Gasteiger partial charge in [0.2, 0.25) is 0 Å². The van der Waals surface area contributed by atoms with E-state index in [2.05, 4.69) is 25.2 Å². The molecule has 0 atom stereocenters. The smallest absolute Gasteiger partial charge is 0.358 e. The molecular weight excluding hydrogens is 315 g/mol. The van der Waals surface area contributed by atoms with E-state index in [1.807, 2.05) is 0 Å². The van der Waals surface area contributed by atoms with Crippen LogP contribution >= 0.6 is 0 Å². The van der Waals surface area contributed by atoms with E-state index in [0.717, 1.165) is 6.42 Å². The molecule has 0 amide bonds. The average molecular weight is 331 g/mol. The molecule has 0 heterocycles. The van der Waals surface area contributed by atoms with E-state index in [1.165, 1.54) is 24.8 Å². The second-order valence-corrected chi connectivity index (χ2v) is 2.45. The molecule has 0 saturated heterocycles. The first kappa shape index (κ1) is 13.6. The molecule has 0 aromatic heterocycles. The first-order valence-electron chi connectivity index (χ1n) is 3.55. The molecule has 0 unspecified atom stereocenters. The summed E-state index contributed by atoms with van der Waals surface area (Å²) in [6.07, 6.45) is 11.4. The van der Waals surface area contributed by atoms with Crippen molar-refractivity contribution in [3.05, 3.63) is 38.2 Å². The number of hydrogen-bond donors (Lipinski definition) is 0. The number of hydrogen-bond acceptors (Lipinski definition) is 0. The zero-order valence-electron chi connectivity index (χ0n) is 7.08. The van der Waals surface area contributed by atoms with Gasteiger partial charge in [0.25, 0.3) is 0 Å². The molecule has 0 N–H and O–H groups in total. The first-order valence-corrected chi connectivity index (χ1v) is 3.55. The first-order chi connectivity index (χ1) is 4.39. The van der Waals surface area contributed by atoms with Gasteiger partial charge in [-0.15, -0.1) is 0 Å². The minimum atomic E-state index is 0. The van der Waals surface area contributed by atoms with Crippen molar-refractivity contribution in [3.63, 3.8) is 0 Å². The van der Waals surface area contributed by atoms with Crippen LogP contribution in [0.3, 0.4) is 0 Å². The summed E-state index contributed by atoms with van der Waals surface area (Å²) in [5.41, 5.74) is 1.30. The van der Waals surface area contributed by atoms with Gasteiger partial charge in [0.15, 0.2) is 0 Å². The van der Waals surface area contributed by atoms with Gasteiger partial charge in [0.1, 0.15) is 0 Å². The third kappa shape index (κ3) is 6.44. The van der Waals surface area contributed by atoms with Crippen molar-refractivity contribution in [2.75, 3.05) is 0 Å². The van der Waals surface area contributed by atoms with Gasteiger partial charge < -0.3 is 7.43 Å². The van der Waals surface area contributed by atoms with Crippen molar-refractivity contribution in [2.45, 2.75) is 25.7 Å². The fourth-order valence-corrected chi connectivity index (χ4v) is 0.990. The van der Waals surface area contributed by atoms with Gasteiger partial charge in [-0.05, 0) is 12.8 Å². The average Bonchev–Trinajstić information content (AvgIpc) is 1.79. The summed E-state index contributed by atoms with van der Waals surface area (Å²) in [5.74, 6) is 0. The Kier molecular flexibility index (Phi) is 10.1. The van der Waals surface area contributed by atoms with Crippen molar-refractivity contribution in [2.24, 2.45) is 0 Å². The Hall–Kier alpha value is 0.0383. The zero-order chi connectivity index (χ0) is 6.53. The van der Waals surface area contributed by atoms with E-state index in [-0.39, 0.29) is 28.5 Å². The van der Waals surface area contributed by atoms with Gasteiger partial charge in [0, 0.05) is 0 Å². The topological polar surface area (TPSA) is 0 Å². The Morgan fingerprint density at radius 1 is 1.09 bits per heavy atom. The molecule has 1 rings (SSSR count). The van der Waals surface area contributed by atoms with Crippen LogP contribution in [0.4, 0.5) is 0 Å². The van der Waals surface area contributed by atoms with E-state index in [4.69, 9.17) is 0 Å². The van der Waals surface area contributed by atoms with Gasteiger partial charge in [-0.25, -0.2) is 18.6 Å². The Balaban J connectivity index is 0. The molecule has 0 spiro atoms. The van der Waals surface area contributed by atoms with Gasteiger partial charge in [-0.3, -0.25) is 0 Å². The van der Waals surface area contributed by atoms with Crippen molar-refractivity contribution in [1.82, 2.24) is 0 Å². The molecular formula is C10H16Pt. The maximum absolute atomic E-state index is 3.93. The largest absolute Gasteiger partial charge is 2.00 e. The molecule has 1 heteroatoms. The summed E-state index contributed by atoms with van der Waals surface area (Å²) in [4.78, 5) is 0. The molecule has 0 bridgehead atoms. The fraction of sp³-hybridized carbons (Fsp3) is 0.400. The second-order valence-electron chi connectivity index (χ2n) is 2.45. The van der Waals surface area contributed by atoms with Crippen LogP contribution in [0.5, 0.6) is 0 Å². The summed E-state index contributed by atoms with van der Waals surface area (Å²) in [6, 6.07) is 0. The van der Waals surface area contributed by atoms with Gasteiger partial charge in [0.05, 0.1) is 0 Å². The van der Waals surface area contributed by atoms with E-state index in [1.54, 1.807) is 0 Å².